The highest BCUT2D eigenvalue weighted by Gasteiger charge is 2.51. The van der Waals surface area contributed by atoms with E-state index in [1.165, 1.54) is 6.92 Å². The molecule has 1 aromatic heterocycles. The summed E-state index contributed by atoms with van der Waals surface area (Å²) in [5.74, 6) is -2.39. The number of nitrogens with zero attached hydrogens (tertiary/aromatic N) is 2. The van der Waals surface area contributed by atoms with Crippen LogP contribution in [0.4, 0.5) is 0 Å². The van der Waals surface area contributed by atoms with Gasteiger partial charge in [0.1, 0.15) is 11.9 Å². The normalized spacial score (nSPS) is 36.1. The fourth-order valence-corrected chi connectivity index (χ4v) is 6.15. The third kappa shape index (κ3) is 8.20. The van der Waals surface area contributed by atoms with E-state index < -0.39 is 41.5 Å². The minimum atomic E-state index is -1.24. The van der Waals surface area contributed by atoms with Gasteiger partial charge in [0.2, 0.25) is 0 Å². The van der Waals surface area contributed by atoms with Gasteiger partial charge in [0, 0.05) is 36.2 Å². The van der Waals surface area contributed by atoms with Crippen LogP contribution in [0.1, 0.15) is 91.8 Å². The number of esters is 1. The largest absolute Gasteiger partial charge is 0.457 e. The van der Waals surface area contributed by atoms with Gasteiger partial charge in [-0.15, -0.1) is 11.3 Å². The fraction of sp³-hybridized carbons (Fsp3) is 0.733. The highest BCUT2D eigenvalue weighted by atomic mass is 32.1. The number of hydrogen-bond donors (Lipinski definition) is 3. The minimum absolute atomic E-state index is 0.0486. The average Bonchev–Trinajstić information content (AvgIpc) is 3.32. The molecular weight excluding hydrogens is 514 g/mol. The number of cyclic esters (lactones) is 1. The van der Waals surface area contributed by atoms with E-state index in [9.17, 15) is 19.8 Å². The van der Waals surface area contributed by atoms with Crippen molar-refractivity contribution >= 4 is 29.2 Å². The monoisotopic (exact) mass is 561 g/mol. The lowest BCUT2D eigenvalue weighted by molar-refractivity contribution is -0.162. The number of nitriles is 1. The van der Waals surface area contributed by atoms with E-state index in [0.717, 1.165) is 35.5 Å². The van der Waals surface area contributed by atoms with Crippen LogP contribution in [0.2, 0.25) is 0 Å². The molecule has 0 bridgehead atoms. The van der Waals surface area contributed by atoms with Crippen LogP contribution in [0.25, 0.3) is 6.08 Å². The summed E-state index contributed by atoms with van der Waals surface area (Å²) in [4.78, 5) is 31.2. The van der Waals surface area contributed by atoms with Crippen molar-refractivity contribution in [3.05, 3.63) is 21.7 Å². The average molecular weight is 562 g/mol. The van der Waals surface area contributed by atoms with Crippen molar-refractivity contribution in [3.8, 4) is 6.07 Å². The molecule has 218 valence electrons. The second kappa shape index (κ2) is 13.5. The zero-order valence-corrected chi connectivity index (χ0v) is 25.8. The number of thiazole rings is 1. The smallest absolute Gasteiger partial charge is 0.311 e. The number of carbonyl (C=O) groups is 2. The molecule has 8 atom stereocenters. The summed E-state index contributed by atoms with van der Waals surface area (Å²) < 4.78 is 6.02. The Morgan fingerprint density at radius 2 is 1.85 bits per heavy atom. The molecule has 3 N–H and O–H groups in total. The van der Waals surface area contributed by atoms with Gasteiger partial charge < -0.3 is 20.3 Å². The molecular formula is C30H47N3O5S. The Hall–Kier alpha value is -2.12. The van der Waals surface area contributed by atoms with Gasteiger partial charge in [-0.3, -0.25) is 9.59 Å². The Bertz CT molecular complexity index is 1080. The van der Waals surface area contributed by atoms with Crippen molar-refractivity contribution in [3.63, 3.8) is 0 Å². The number of aliphatic hydroxyl groups excluding tert-OH is 2. The second-order valence-corrected chi connectivity index (χ2v) is 13.2. The lowest BCUT2D eigenvalue weighted by atomic mass is 9.71. The maximum absolute atomic E-state index is 13.4. The molecule has 2 aliphatic heterocycles. The molecule has 0 aromatic carbocycles. The van der Waals surface area contributed by atoms with Crippen LogP contribution in [0, 0.1) is 41.4 Å². The molecule has 9 heteroatoms. The molecule has 0 unspecified atom stereocenters. The van der Waals surface area contributed by atoms with Crippen molar-refractivity contribution in [1.82, 2.24) is 10.3 Å². The van der Waals surface area contributed by atoms with Crippen molar-refractivity contribution < 1.29 is 24.5 Å². The zero-order valence-electron chi connectivity index (χ0n) is 24.9. The number of aliphatic hydroxyl groups is 2. The number of ether oxygens (including phenoxy) is 1. The molecule has 39 heavy (non-hydrogen) atoms. The van der Waals surface area contributed by atoms with Gasteiger partial charge in [0.05, 0.1) is 40.3 Å². The van der Waals surface area contributed by atoms with Gasteiger partial charge in [0.25, 0.3) is 0 Å². The number of nitrogens with one attached hydrogen (secondary N) is 1. The molecule has 2 saturated heterocycles. The van der Waals surface area contributed by atoms with Gasteiger partial charge in [-0.2, -0.15) is 5.26 Å². The molecule has 1 aromatic rings. The number of fused-ring (bicyclic) bond motifs is 1. The molecule has 0 aliphatic carbocycles. The van der Waals surface area contributed by atoms with Crippen molar-refractivity contribution in [2.24, 2.45) is 23.2 Å². The maximum atomic E-state index is 13.4. The third-order valence-corrected chi connectivity index (χ3v) is 9.29. The summed E-state index contributed by atoms with van der Waals surface area (Å²) in [5.41, 5.74) is 0.461. The Labute approximate surface area is 237 Å². The van der Waals surface area contributed by atoms with E-state index in [1.54, 1.807) is 45.1 Å². The number of aryl methyl sites for hydroxylation is 1. The molecule has 0 saturated carbocycles. The van der Waals surface area contributed by atoms with E-state index in [2.05, 4.69) is 17.2 Å². The Morgan fingerprint density at radius 3 is 2.41 bits per heavy atom. The summed E-state index contributed by atoms with van der Waals surface area (Å²) in [6, 6.07) is 1.95. The predicted octanol–water partition coefficient (Wildman–Crippen LogP) is 4.83. The Morgan fingerprint density at radius 1 is 1.23 bits per heavy atom. The topological polar surface area (TPSA) is 142 Å². The van der Waals surface area contributed by atoms with Crippen LogP contribution in [0.5, 0.6) is 0 Å². The van der Waals surface area contributed by atoms with Gasteiger partial charge in [-0.25, -0.2) is 4.98 Å². The predicted molar refractivity (Wildman–Crippen MR) is 154 cm³/mol. The summed E-state index contributed by atoms with van der Waals surface area (Å²) in [5, 5.41) is 35.9. The van der Waals surface area contributed by atoms with Crippen LogP contribution in [-0.2, 0) is 14.3 Å². The standard InChI is InChI=1S/C28H44N2O5S.C2H3N/c1-15-10-9-11-28(8)22(30-28)13-21(16(2)12-20-14-36-19(5)29-20)35-26(34)18(4)25(33)27(6,7)24(32)17(3)23(15)31;1-2-3/h12,14-15,17-18,21-23,25,30-31,33H,9-11,13H2,1-8H3;1H3/b16-12+;/t15-,17+,18-,21-,22-,23-,25+,28+;/m0./s1. The first kappa shape index (κ1) is 33.1. The van der Waals surface area contributed by atoms with Gasteiger partial charge in [-0.1, -0.05) is 34.1 Å². The second-order valence-electron chi connectivity index (χ2n) is 12.1. The zero-order chi connectivity index (χ0) is 29.7. The molecule has 3 heterocycles. The van der Waals surface area contributed by atoms with Gasteiger partial charge >= 0.3 is 5.97 Å². The number of hydrogen-bond acceptors (Lipinski definition) is 9. The number of Topliss-reactive ketones (excluding diaryl/α,β-unsaturated/α-hetero) is 1. The van der Waals surface area contributed by atoms with Crippen LogP contribution < -0.4 is 5.32 Å². The van der Waals surface area contributed by atoms with E-state index in [-0.39, 0.29) is 23.3 Å². The van der Waals surface area contributed by atoms with Crippen molar-refractivity contribution in [2.45, 2.75) is 118 Å². The Balaban J connectivity index is 0.00000170. The number of ketones is 1. The summed E-state index contributed by atoms with van der Waals surface area (Å²) in [6.45, 7) is 16.1. The lowest BCUT2D eigenvalue weighted by Crippen LogP contribution is -2.49. The third-order valence-electron chi connectivity index (χ3n) is 8.50. The van der Waals surface area contributed by atoms with Crippen LogP contribution >= 0.6 is 11.3 Å². The highest BCUT2D eigenvalue weighted by Crippen LogP contribution is 2.39. The maximum Gasteiger partial charge on any atom is 0.311 e. The van der Waals surface area contributed by atoms with E-state index >= 15 is 0 Å². The van der Waals surface area contributed by atoms with E-state index in [0.29, 0.717) is 6.42 Å². The first-order valence-corrected chi connectivity index (χ1v) is 14.8. The molecule has 8 nitrogen and oxygen atoms in total. The molecule has 0 spiro atoms. The number of aromatic nitrogens is 1. The molecule has 3 rings (SSSR count). The Kier molecular flexibility index (Phi) is 11.4. The van der Waals surface area contributed by atoms with Crippen LogP contribution in [0.15, 0.2) is 11.0 Å². The quantitative estimate of drug-likeness (QED) is 0.344. The summed E-state index contributed by atoms with van der Waals surface area (Å²) in [7, 11) is 0. The molecule has 2 aliphatic rings. The first-order chi connectivity index (χ1) is 18.1. The molecule has 2 fully saturated rings. The van der Waals surface area contributed by atoms with Gasteiger partial charge in [0.15, 0.2) is 0 Å². The number of carbonyl (C=O) groups excluding carboxylic acids is 2. The van der Waals surface area contributed by atoms with Gasteiger partial charge in [-0.05, 0) is 58.1 Å². The van der Waals surface area contributed by atoms with Crippen LogP contribution in [-0.4, -0.2) is 56.8 Å². The molecule has 0 radical (unpaired) electrons. The number of rotatable bonds is 2. The molecule has 0 amide bonds. The fourth-order valence-electron chi connectivity index (χ4n) is 5.58. The summed E-state index contributed by atoms with van der Waals surface area (Å²) in [6.07, 6.45) is 2.72. The SMILES string of the molecule is C/C(=C\c1csc(C)n1)[C@@H]1C[C@@H]2N[C@]2(C)CCC[C@H](C)[C@H](O)[C@@H](C)C(=O)C(C)(C)[C@H](O)[C@H](C)C(=O)O1.CC#N. The van der Waals surface area contributed by atoms with Crippen molar-refractivity contribution in [2.75, 3.05) is 0 Å². The van der Waals surface area contributed by atoms with Crippen LogP contribution in [0.3, 0.4) is 0 Å². The van der Waals surface area contributed by atoms with E-state index in [1.807, 2.05) is 32.2 Å². The first-order valence-electron chi connectivity index (χ1n) is 13.9. The summed E-state index contributed by atoms with van der Waals surface area (Å²) >= 11 is 1.57. The van der Waals surface area contributed by atoms with Crippen molar-refractivity contribution in [1.29, 1.82) is 5.26 Å². The minimum Gasteiger partial charge on any atom is -0.457 e. The highest BCUT2D eigenvalue weighted by molar-refractivity contribution is 7.09. The van der Waals surface area contributed by atoms with E-state index in [4.69, 9.17) is 10.00 Å². The lowest BCUT2D eigenvalue weighted by Gasteiger charge is -2.36.